The van der Waals surface area contributed by atoms with Crippen molar-refractivity contribution in [2.24, 2.45) is 0 Å². The minimum absolute atomic E-state index is 0.322. The van der Waals surface area contributed by atoms with Gasteiger partial charge in [-0.3, -0.25) is 4.79 Å². The number of carbonyl (C=O) groups excluding carboxylic acids is 2. The van der Waals surface area contributed by atoms with Crippen LogP contribution in [0.4, 0.5) is 0 Å². The van der Waals surface area contributed by atoms with E-state index in [1.165, 1.54) is 0 Å². The second kappa shape index (κ2) is 10.2. The van der Waals surface area contributed by atoms with E-state index in [0.29, 0.717) is 24.5 Å². The van der Waals surface area contributed by atoms with Gasteiger partial charge in [-0.05, 0) is 50.1 Å². The summed E-state index contributed by atoms with van der Waals surface area (Å²) in [6.07, 6.45) is 0.718. The molecule has 0 aliphatic carbocycles. The van der Waals surface area contributed by atoms with Gasteiger partial charge in [0.2, 0.25) is 0 Å². The van der Waals surface area contributed by atoms with Gasteiger partial charge in [0, 0.05) is 6.54 Å². The van der Waals surface area contributed by atoms with Crippen LogP contribution < -0.4 is 10.1 Å². The van der Waals surface area contributed by atoms with Gasteiger partial charge in [-0.1, -0.05) is 35.5 Å². The molecule has 0 unspecified atom stereocenters. The number of nitrogens with zero attached hydrogens (tertiary/aromatic N) is 1. The van der Waals surface area contributed by atoms with Crippen molar-refractivity contribution in [3.8, 4) is 5.75 Å². The molecule has 1 amide bonds. The van der Waals surface area contributed by atoms with Crippen LogP contribution in [0, 0.1) is 13.8 Å². The van der Waals surface area contributed by atoms with Crippen LogP contribution in [0.25, 0.3) is 0 Å². The number of hydrogen-bond donors (Lipinski definition) is 1. The number of nitrogens with one attached hydrogen (secondary N) is 1. The first-order valence-electron chi connectivity index (χ1n) is 9.65. The Kier molecular flexibility index (Phi) is 7.21. The first-order valence-corrected chi connectivity index (χ1v) is 9.65. The van der Waals surface area contributed by atoms with Crippen LogP contribution in [-0.2, 0) is 22.6 Å². The molecular weight excluding hydrogens is 384 g/mol. The van der Waals surface area contributed by atoms with E-state index >= 15 is 0 Å². The molecule has 1 heterocycles. The van der Waals surface area contributed by atoms with Crippen molar-refractivity contribution in [2.45, 2.75) is 26.9 Å². The standard InChI is InChI=1S/C23H24N2O5/c1-16-21(17(2)30-25-16)14-28-20-10-8-19(9-11-20)23(27)29-15-22(26)24-13-12-18-6-4-3-5-7-18/h3-11H,12-15H2,1-2H3,(H,24,26). The molecule has 0 saturated heterocycles. The molecule has 1 N–H and O–H groups in total. The molecule has 2 aromatic carbocycles. The van der Waals surface area contributed by atoms with Crippen molar-refractivity contribution in [1.82, 2.24) is 10.5 Å². The number of esters is 1. The van der Waals surface area contributed by atoms with E-state index in [2.05, 4.69) is 10.5 Å². The van der Waals surface area contributed by atoms with E-state index in [4.69, 9.17) is 14.0 Å². The van der Waals surface area contributed by atoms with Crippen LogP contribution >= 0.6 is 0 Å². The fourth-order valence-electron chi connectivity index (χ4n) is 2.81. The molecule has 30 heavy (non-hydrogen) atoms. The summed E-state index contributed by atoms with van der Waals surface area (Å²) >= 11 is 0. The topological polar surface area (TPSA) is 90.7 Å². The van der Waals surface area contributed by atoms with Crippen LogP contribution in [0.2, 0.25) is 0 Å². The first kappa shape index (κ1) is 21.1. The van der Waals surface area contributed by atoms with Crippen LogP contribution in [0.15, 0.2) is 59.1 Å². The number of aryl methyl sites for hydroxylation is 2. The van der Waals surface area contributed by atoms with E-state index in [0.717, 1.165) is 29.0 Å². The van der Waals surface area contributed by atoms with Crippen LogP contribution in [0.5, 0.6) is 5.75 Å². The Balaban J connectivity index is 1.40. The van der Waals surface area contributed by atoms with Crippen LogP contribution in [-0.4, -0.2) is 30.2 Å². The molecule has 0 radical (unpaired) electrons. The number of amides is 1. The zero-order chi connectivity index (χ0) is 21.3. The molecule has 0 aliphatic rings. The lowest BCUT2D eigenvalue weighted by Crippen LogP contribution is -2.30. The Morgan fingerprint density at radius 2 is 1.77 bits per heavy atom. The summed E-state index contributed by atoms with van der Waals surface area (Å²) in [4.78, 5) is 24.0. The van der Waals surface area contributed by atoms with Crippen molar-refractivity contribution in [3.05, 3.63) is 82.7 Å². The highest BCUT2D eigenvalue weighted by molar-refractivity contribution is 5.91. The van der Waals surface area contributed by atoms with E-state index in [1.54, 1.807) is 24.3 Å². The van der Waals surface area contributed by atoms with Gasteiger partial charge in [0.15, 0.2) is 6.61 Å². The van der Waals surface area contributed by atoms with Crippen molar-refractivity contribution in [2.75, 3.05) is 13.2 Å². The monoisotopic (exact) mass is 408 g/mol. The molecule has 156 valence electrons. The van der Waals surface area contributed by atoms with Crippen molar-refractivity contribution >= 4 is 11.9 Å². The molecule has 3 aromatic rings. The summed E-state index contributed by atoms with van der Waals surface area (Å²) in [5.41, 5.74) is 3.16. The van der Waals surface area contributed by atoms with Gasteiger partial charge in [0.25, 0.3) is 5.91 Å². The Bertz CT molecular complexity index is 961. The summed E-state index contributed by atoms with van der Waals surface area (Å²) < 4.78 is 15.9. The van der Waals surface area contributed by atoms with E-state index < -0.39 is 5.97 Å². The summed E-state index contributed by atoms with van der Waals surface area (Å²) in [6, 6.07) is 16.4. The predicted octanol–water partition coefficient (Wildman–Crippen LogP) is 3.39. The predicted molar refractivity (Wildman–Crippen MR) is 110 cm³/mol. The highest BCUT2D eigenvalue weighted by Crippen LogP contribution is 2.18. The van der Waals surface area contributed by atoms with Crippen molar-refractivity contribution in [3.63, 3.8) is 0 Å². The van der Waals surface area contributed by atoms with Crippen molar-refractivity contribution < 1.29 is 23.6 Å². The summed E-state index contributed by atoms with van der Waals surface area (Å²) in [5, 5.41) is 6.62. The number of aromatic nitrogens is 1. The Hall–Kier alpha value is -3.61. The zero-order valence-electron chi connectivity index (χ0n) is 17.0. The number of ether oxygens (including phenoxy) is 2. The normalized spacial score (nSPS) is 10.5. The molecule has 7 heteroatoms. The smallest absolute Gasteiger partial charge is 0.338 e. The molecule has 0 bridgehead atoms. The Morgan fingerprint density at radius 3 is 2.43 bits per heavy atom. The third-order valence-electron chi connectivity index (χ3n) is 4.57. The van der Waals surface area contributed by atoms with Crippen molar-refractivity contribution in [1.29, 1.82) is 0 Å². The lowest BCUT2D eigenvalue weighted by molar-refractivity contribution is -0.124. The van der Waals surface area contributed by atoms with Gasteiger partial charge in [-0.15, -0.1) is 0 Å². The Labute approximate surface area is 175 Å². The average Bonchev–Trinajstić information content (AvgIpc) is 3.09. The lowest BCUT2D eigenvalue weighted by Gasteiger charge is -2.08. The molecular formula is C23H24N2O5. The maximum Gasteiger partial charge on any atom is 0.338 e. The SMILES string of the molecule is Cc1noc(C)c1COc1ccc(C(=O)OCC(=O)NCCc2ccccc2)cc1. The third-order valence-corrected chi connectivity index (χ3v) is 4.57. The zero-order valence-corrected chi connectivity index (χ0v) is 17.0. The molecule has 0 aliphatic heterocycles. The minimum atomic E-state index is -0.564. The van der Waals surface area contributed by atoms with Gasteiger partial charge in [0.1, 0.15) is 18.1 Å². The van der Waals surface area contributed by atoms with Crippen LogP contribution in [0.1, 0.15) is 32.9 Å². The molecule has 1 aromatic heterocycles. The molecule has 0 saturated carbocycles. The second-order valence-corrected chi connectivity index (χ2v) is 6.78. The molecule has 7 nitrogen and oxygen atoms in total. The number of benzene rings is 2. The summed E-state index contributed by atoms with van der Waals surface area (Å²) in [5.74, 6) is 0.420. The highest BCUT2D eigenvalue weighted by atomic mass is 16.5. The average molecular weight is 408 g/mol. The van der Waals surface area contributed by atoms with Crippen LogP contribution in [0.3, 0.4) is 0 Å². The number of hydrogen-bond acceptors (Lipinski definition) is 6. The lowest BCUT2D eigenvalue weighted by atomic mass is 10.1. The fraction of sp³-hybridized carbons (Fsp3) is 0.261. The number of carbonyl (C=O) groups is 2. The maximum absolute atomic E-state index is 12.1. The molecule has 3 rings (SSSR count). The highest BCUT2D eigenvalue weighted by Gasteiger charge is 2.12. The quantitative estimate of drug-likeness (QED) is 0.546. The third kappa shape index (κ3) is 5.94. The summed E-state index contributed by atoms with van der Waals surface area (Å²) in [7, 11) is 0. The fourth-order valence-corrected chi connectivity index (χ4v) is 2.81. The van der Waals surface area contributed by atoms with Gasteiger partial charge in [-0.25, -0.2) is 4.79 Å². The minimum Gasteiger partial charge on any atom is -0.489 e. The van der Waals surface area contributed by atoms with Gasteiger partial charge >= 0.3 is 5.97 Å². The van der Waals surface area contributed by atoms with Gasteiger partial charge in [-0.2, -0.15) is 0 Å². The molecule has 0 fully saturated rings. The molecule has 0 atom stereocenters. The van der Waals surface area contributed by atoms with Gasteiger partial charge < -0.3 is 19.3 Å². The largest absolute Gasteiger partial charge is 0.489 e. The van der Waals surface area contributed by atoms with E-state index in [1.807, 2.05) is 44.2 Å². The number of rotatable bonds is 9. The molecule has 0 spiro atoms. The first-order chi connectivity index (χ1) is 14.5. The van der Waals surface area contributed by atoms with E-state index in [-0.39, 0.29) is 12.5 Å². The van der Waals surface area contributed by atoms with E-state index in [9.17, 15) is 9.59 Å². The second-order valence-electron chi connectivity index (χ2n) is 6.78. The maximum atomic E-state index is 12.1. The van der Waals surface area contributed by atoms with Gasteiger partial charge in [0.05, 0.1) is 16.8 Å². The Morgan fingerprint density at radius 1 is 1.03 bits per heavy atom. The summed E-state index contributed by atoms with van der Waals surface area (Å²) in [6.45, 7) is 4.17.